The highest BCUT2D eigenvalue weighted by molar-refractivity contribution is 5.99. The van der Waals surface area contributed by atoms with Gasteiger partial charge in [-0.15, -0.1) is 0 Å². The number of carbonyl (C=O) groups excluding carboxylic acids is 1. The number of allylic oxidation sites excluding steroid dienone is 2. The Labute approximate surface area is 148 Å². The normalized spacial score (nSPS) is 34.5. The van der Waals surface area contributed by atoms with Gasteiger partial charge in [0.2, 0.25) is 0 Å². The molecule has 2 rings (SSSR count). The van der Waals surface area contributed by atoms with Gasteiger partial charge in [0, 0.05) is 5.92 Å². The number of hydrogen-bond donors (Lipinski definition) is 4. The van der Waals surface area contributed by atoms with Gasteiger partial charge in [0.15, 0.2) is 11.4 Å². The molecule has 1 aliphatic carbocycles. The van der Waals surface area contributed by atoms with Crippen LogP contribution in [0.4, 0.5) is 0 Å². The number of ketones is 1. The van der Waals surface area contributed by atoms with E-state index in [1.54, 1.807) is 12.2 Å². The summed E-state index contributed by atoms with van der Waals surface area (Å²) in [6.07, 6.45) is 4.51. The molecule has 0 unspecified atom stereocenters. The van der Waals surface area contributed by atoms with Gasteiger partial charge in [0.05, 0.1) is 18.8 Å². The Hall–Kier alpha value is -1.47. The Kier molecular flexibility index (Phi) is 5.59. The molecule has 4 N–H and O–H groups in total. The molecule has 6 atom stereocenters. The van der Waals surface area contributed by atoms with Crippen LogP contribution in [-0.2, 0) is 9.53 Å². The van der Waals surface area contributed by atoms with E-state index in [-0.39, 0.29) is 12.5 Å². The fraction of sp³-hybridized carbons (Fsp3) is 0.632. The van der Waals surface area contributed by atoms with Crippen LogP contribution < -0.4 is 0 Å². The number of carbonyl (C=O) groups is 1. The van der Waals surface area contributed by atoms with Crippen LogP contribution in [0.1, 0.15) is 34.1 Å². The molecule has 1 aliphatic heterocycles. The molecular weight excluding hydrogens is 324 g/mol. The molecule has 0 aromatic heterocycles. The SMILES string of the molecule is CC[C@H](C)[C@H](O)[C@](C)(O)/C=C\C1=CC2=CC(=O)[C@](C)(O)[C@H](O)[C@H]2CO1. The van der Waals surface area contributed by atoms with Crippen LogP contribution in [0.2, 0.25) is 0 Å². The van der Waals surface area contributed by atoms with Gasteiger partial charge in [0.25, 0.3) is 0 Å². The summed E-state index contributed by atoms with van der Waals surface area (Å²) in [5.41, 5.74) is -2.66. The molecule has 25 heavy (non-hydrogen) atoms. The van der Waals surface area contributed by atoms with Crippen molar-refractivity contribution in [1.82, 2.24) is 0 Å². The molecule has 6 nitrogen and oxygen atoms in total. The van der Waals surface area contributed by atoms with E-state index >= 15 is 0 Å². The second-order valence-corrected chi connectivity index (χ2v) is 7.45. The standard InChI is InChI=1S/C19H28O6/c1-5-11(2)16(21)18(3,23)7-6-13-8-12-9-15(20)19(4,24)17(22)14(12)10-25-13/h6-9,11,14,16-17,21-24H,5,10H2,1-4H3/b7-6-/t11-,14-,16-,17+,18+,19-/m0/s1. The first-order chi connectivity index (χ1) is 11.5. The first-order valence-corrected chi connectivity index (χ1v) is 8.61. The quantitative estimate of drug-likeness (QED) is 0.584. The number of rotatable bonds is 5. The first-order valence-electron chi connectivity index (χ1n) is 8.61. The summed E-state index contributed by atoms with van der Waals surface area (Å²) in [5.74, 6) is -0.690. The lowest BCUT2D eigenvalue weighted by molar-refractivity contribution is -0.150. The van der Waals surface area contributed by atoms with Crippen molar-refractivity contribution in [3.8, 4) is 0 Å². The Morgan fingerprint density at radius 1 is 1.48 bits per heavy atom. The van der Waals surface area contributed by atoms with Crippen molar-refractivity contribution in [1.29, 1.82) is 0 Å². The van der Waals surface area contributed by atoms with E-state index in [2.05, 4.69) is 0 Å². The number of ether oxygens (including phenoxy) is 1. The van der Waals surface area contributed by atoms with Crippen molar-refractivity contribution in [2.24, 2.45) is 11.8 Å². The van der Waals surface area contributed by atoms with Crippen LogP contribution in [0.3, 0.4) is 0 Å². The van der Waals surface area contributed by atoms with Crippen molar-refractivity contribution < 1.29 is 30.0 Å². The van der Waals surface area contributed by atoms with E-state index in [0.717, 1.165) is 6.42 Å². The number of aliphatic hydroxyl groups excluding tert-OH is 2. The number of aliphatic hydroxyl groups is 4. The van der Waals surface area contributed by atoms with Crippen LogP contribution in [0.5, 0.6) is 0 Å². The van der Waals surface area contributed by atoms with E-state index in [1.807, 2.05) is 13.8 Å². The van der Waals surface area contributed by atoms with E-state index in [4.69, 9.17) is 4.74 Å². The zero-order chi connectivity index (χ0) is 19.0. The maximum Gasteiger partial charge on any atom is 0.189 e. The zero-order valence-corrected chi connectivity index (χ0v) is 15.1. The van der Waals surface area contributed by atoms with Crippen molar-refractivity contribution in [3.63, 3.8) is 0 Å². The lowest BCUT2D eigenvalue weighted by Gasteiger charge is -2.39. The predicted octanol–water partition coefficient (Wildman–Crippen LogP) is 0.852. The third-order valence-electron chi connectivity index (χ3n) is 5.29. The summed E-state index contributed by atoms with van der Waals surface area (Å²) >= 11 is 0. The molecule has 0 amide bonds. The summed E-state index contributed by atoms with van der Waals surface area (Å²) in [4.78, 5) is 12.0. The highest BCUT2D eigenvalue weighted by Crippen LogP contribution is 2.35. The Morgan fingerprint density at radius 3 is 2.72 bits per heavy atom. The minimum atomic E-state index is -1.82. The molecule has 0 aromatic carbocycles. The van der Waals surface area contributed by atoms with E-state index in [9.17, 15) is 25.2 Å². The van der Waals surface area contributed by atoms with Gasteiger partial charge in [-0.2, -0.15) is 0 Å². The molecule has 0 aromatic rings. The maximum atomic E-state index is 12.0. The average molecular weight is 352 g/mol. The van der Waals surface area contributed by atoms with E-state index in [1.165, 1.54) is 26.0 Å². The second-order valence-electron chi connectivity index (χ2n) is 7.45. The molecule has 140 valence electrons. The van der Waals surface area contributed by atoms with Crippen molar-refractivity contribution in [2.45, 2.75) is 57.5 Å². The molecular formula is C19H28O6. The summed E-state index contributed by atoms with van der Waals surface area (Å²) < 4.78 is 5.57. The number of fused-ring (bicyclic) bond motifs is 1. The minimum absolute atomic E-state index is 0.0682. The van der Waals surface area contributed by atoms with Gasteiger partial charge in [-0.25, -0.2) is 0 Å². The molecule has 0 bridgehead atoms. The average Bonchev–Trinajstić information content (AvgIpc) is 2.57. The molecule has 0 saturated heterocycles. The molecule has 0 saturated carbocycles. The van der Waals surface area contributed by atoms with Crippen LogP contribution in [-0.4, -0.2) is 56.2 Å². The van der Waals surface area contributed by atoms with Gasteiger partial charge < -0.3 is 25.2 Å². The van der Waals surface area contributed by atoms with Gasteiger partial charge >= 0.3 is 0 Å². The summed E-state index contributed by atoms with van der Waals surface area (Å²) in [6, 6.07) is 0. The molecule has 0 fully saturated rings. The minimum Gasteiger partial charge on any atom is -0.493 e. The second kappa shape index (κ2) is 7.03. The summed E-state index contributed by atoms with van der Waals surface area (Å²) in [6.45, 7) is 6.73. The first kappa shape index (κ1) is 19.8. The van der Waals surface area contributed by atoms with Crippen LogP contribution in [0.25, 0.3) is 0 Å². The number of hydrogen-bond acceptors (Lipinski definition) is 6. The van der Waals surface area contributed by atoms with Gasteiger partial charge in [-0.1, -0.05) is 20.3 Å². The lowest BCUT2D eigenvalue weighted by atomic mass is 9.75. The Bertz CT molecular complexity index is 613. The Morgan fingerprint density at radius 2 is 2.12 bits per heavy atom. The molecule has 0 radical (unpaired) electrons. The highest BCUT2D eigenvalue weighted by Gasteiger charge is 2.47. The predicted molar refractivity (Wildman–Crippen MR) is 92.5 cm³/mol. The summed E-state index contributed by atoms with van der Waals surface area (Å²) in [7, 11) is 0. The van der Waals surface area contributed by atoms with Crippen molar-refractivity contribution in [2.75, 3.05) is 6.61 Å². The van der Waals surface area contributed by atoms with Crippen LogP contribution >= 0.6 is 0 Å². The third kappa shape index (κ3) is 3.87. The van der Waals surface area contributed by atoms with Crippen molar-refractivity contribution in [3.05, 3.63) is 35.6 Å². The smallest absolute Gasteiger partial charge is 0.189 e. The van der Waals surface area contributed by atoms with Crippen LogP contribution in [0, 0.1) is 11.8 Å². The monoisotopic (exact) mass is 352 g/mol. The summed E-state index contributed by atoms with van der Waals surface area (Å²) in [5, 5.41) is 40.9. The molecule has 6 heteroatoms. The zero-order valence-electron chi connectivity index (χ0n) is 15.1. The van der Waals surface area contributed by atoms with E-state index < -0.39 is 35.1 Å². The molecule has 1 heterocycles. The maximum absolute atomic E-state index is 12.0. The third-order valence-corrected chi connectivity index (χ3v) is 5.29. The van der Waals surface area contributed by atoms with E-state index in [0.29, 0.717) is 11.3 Å². The van der Waals surface area contributed by atoms with Gasteiger partial charge in [-0.05, 0) is 49.6 Å². The van der Waals surface area contributed by atoms with Crippen molar-refractivity contribution >= 4 is 5.78 Å². The molecule has 0 spiro atoms. The fourth-order valence-electron chi connectivity index (χ4n) is 3.10. The lowest BCUT2D eigenvalue weighted by Crippen LogP contribution is -2.54. The molecule has 2 aliphatic rings. The topological polar surface area (TPSA) is 107 Å². The Balaban J connectivity index is 2.21. The van der Waals surface area contributed by atoms with Crippen LogP contribution in [0.15, 0.2) is 35.6 Å². The van der Waals surface area contributed by atoms with Gasteiger partial charge in [0.1, 0.15) is 11.4 Å². The van der Waals surface area contributed by atoms with Gasteiger partial charge in [-0.3, -0.25) is 4.79 Å². The fourth-order valence-corrected chi connectivity index (χ4v) is 3.10. The largest absolute Gasteiger partial charge is 0.493 e. The highest BCUT2D eigenvalue weighted by atomic mass is 16.5.